The molecule has 0 unspecified atom stereocenters. The summed E-state index contributed by atoms with van der Waals surface area (Å²) in [5.74, 6) is 0. The van der Waals surface area contributed by atoms with Crippen molar-refractivity contribution >= 4 is 35.9 Å². The third-order valence-electron chi connectivity index (χ3n) is 4.13. The van der Waals surface area contributed by atoms with Crippen LogP contribution in [-0.4, -0.2) is 24.6 Å². The van der Waals surface area contributed by atoms with Gasteiger partial charge in [-0.1, -0.05) is 11.6 Å². The fourth-order valence-electron chi connectivity index (χ4n) is 2.11. The summed E-state index contributed by atoms with van der Waals surface area (Å²) in [7, 11) is -0.790. The first-order valence-electron chi connectivity index (χ1n) is 6.69. The van der Waals surface area contributed by atoms with Gasteiger partial charge in [0.15, 0.2) is 0 Å². The maximum absolute atomic E-state index is 12.9. The van der Waals surface area contributed by atoms with E-state index in [9.17, 15) is 13.2 Å². The zero-order valence-corrected chi connectivity index (χ0v) is 14.5. The molecular weight excluding hydrogens is 335 g/mol. The number of thioether (sulfide) groups is 1. The van der Waals surface area contributed by atoms with Gasteiger partial charge in [-0.25, -0.2) is 0 Å². The second kappa shape index (κ2) is 5.62. The summed E-state index contributed by atoms with van der Waals surface area (Å²) < 4.78 is 50.5. The average molecular weight is 353 g/mol. The maximum atomic E-state index is 12.9. The van der Waals surface area contributed by atoms with Crippen LogP contribution in [0.4, 0.5) is 13.2 Å². The van der Waals surface area contributed by atoms with Crippen molar-refractivity contribution in [3.05, 3.63) is 22.7 Å². The van der Waals surface area contributed by atoms with E-state index < -0.39 is 30.1 Å². The van der Waals surface area contributed by atoms with Crippen LogP contribution in [0.1, 0.15) is 33.3 Å². The van der Waals surface area contributed by atoms with Gasteiger partial charge in [-0.05, 0) is 46.1 Å². The molecule has 1 aromatic rings. The van der Waals surface area contributed by atoms with Gasteiger partial charge >= 0.3 is 13.3 Å². The Morgan fingerprint density at radius 3 is 2.00 bits per heavy atom. The van der Waals surface area contributed by atoms with Gasteiger partial charge in [-0.15, -0.1) is 11.8 Å². The molecule has 0 N–H and O–H groups in total. The van der Waals surface area contributed by atoms with Crippen molar-refractivity contribution in [3.63, 3.8) is 0 Å². The van der Waals surface area contributed by atoms with Gasteiger partial charge in [0.05, 0.1) is 16.8 Å². The molecule has 122 valence electrons. The molecule has 1 heterocycles. The topological polar surface area (TPSA) is 18.5 Å². The van der Waals surface area contributed by atoms with Crippen LogP contribution < -0.4 is 5.46 Å². The lowest BCUT2D eigenvalue weighted by atomic mass is 9.78. The van der Waals surface area contributed by atoms with E-state index in [0.717, 1.165) is 12.1 Å². The zero-order valence-electron chi connectivity index (χ0n) is 13.0. The maximum Gasteiger partial charge on any atom is 0.497 e. The molecule has 1 fully saturated rings. The molecule has 2 nitrogen and oxygen atoms in total. The smallest absolute Gasteiger partial charge is 0.399 e. The lowest BCUT2D eigenvalue weighted by Gasteiger charge is -2.32. The second-order valence-electron chi connectivity index (χ2n) is 6.16. The predicted molar refractivity (Wildman–Crippen MR) is 84.0 cm³/mol. The summed E-state index contributed by atoms with van der Waals surface area (Å²) in [4.78, 5) is 0.401. The van der Waals surface area contributed by atoms with E-state index in [1.807, 2.05) is 27.7 Å². The summed E-state index contributed by atoms with van der Waals surface area (Å²) in [6, 6.07) is 2.00. The lowest BCUT2D eigenvalue weighted by Crippen LogP contribution is -2.41. The van der Waals surface area contributed by atoms with E-state index in [4.69, 9.17) is 20.9 Å². The molecule has 0 amide bonds. The molecule has 1 aliphatic rings. The van der Waals surface area contributed by atoms with Crippen LogP contribution in [0.5, 0.6) is 0 Å². The van der Waals surface area contributed by atoms with E-state index in [2.05, 4.69) is 0 Å². The summed E-state index contributed by atoms with van der Waals surface area (Å²) in [6.07, 6.45) is -2.75. The Kier molecular flexibility index (Phi) is 4.59. The minimum Gasteiger partial charge on any atom is -0.399 e. The van der Waals surface area contributed by atoms with Crippen molar-refractivity contribution in [1.29, 1.82) is 0 Å². The van der Waals surface area contributed by atoms with Crippen LogP contribution in [-0.2, 0) is 15.5 Å². The van der Waals surface area contributed by atoms with E-state index in [1.54, 1.807) is 6.26 Å². The minimum absolute atomic E-state index is 0.00215. The molecular formula is C14H17BClF3O2S. The van der Waals surface area contributed by atoms with Crippen LogP contribution in [0.2, 0.25) is 5.02 Å². The average Bonchev–Trinajstić information content (AvgIpc) is 2.55. The predicted octanol–water partition coefficient (Wildman–Crippen LogP) is 4.38. The van der Waals surface area contributed by atoms with Crippen molar-refractivity contribution in [2.24, 2.45) is 0 Å². The third kappa shape index (κ3) is 3.14. The Bertz CT molecular complexity index is 574. The van der Waals surface area contributed by atoms with Crippen molar-refractivity contribution in [2.45, 2.75) is 50.0 Å². The first kappa shape index (κ1) is 18.0. The number of alkyl halides is 3. The Balaban J connectivity index is 2.49. The van der Waals surface area contributed by atoms with E-state index in [1.165, 1.54) is 11.8 Å². The molecule has 2 rings (SSSR count). The molecule has 0 aliphatic carbocycles. The normalized spacial score (nSPS) is 20.5. The molecule has 0 atom stereocenters. The number of rotatable bonds is 2. The molecule has 0 saturated carbocycles. The van der Waals surface area contributed by atoms with Crippen molar-refractivity contribution in [1.82, 2.24) is 0 Å². The first-order chi connectivity index (χ1) is 9.89. The van der Waals surface area contributed by atoms with Crippen molar-refractivity contribution < 1.29 is 22.5 Å². The standard InChI is InChI=1S/C14H17BClF3O2S/c1-12(2)13(3,4)21-15(20-12)11-9(16)6-8(14(17,18)19)7-10(11)22-5/h6-7H,1-5H3. The summed E-state index contributed by atoms with van der Waals surface area (Å²) in [6.45, 7) is 7.51. The second-order valence-corrected chi connectivity index (χ2v) is 7.42. The number of halogens is 4. The molecule has 1 aliphatic heterocycles. The van der Waals surface area contributed by atoms with Gasteiger partial charge in [0.25, 0.3) is 0 Å². The minimum atomic E-state index is -4.44. The third-order valence-corrected chi connectivity index (χ3v) is 5.22. The number of hydrogen-bond acceptors (Lipinski definition) is 3. The lowest BCUT2D eigenvalue weighted by molar-refractivity contribution is -0.137. The molecule has 8 heteroatoms. The van der Waals surface area contributed by atoms with Gasteiger partial charge in [0.2, 0.25) is 0 Å². The van der Waals surface area contributed by atoms with Crippen molar-refractivity contribution in [2.75, 3.05) is 6.26 Å². The van der Waals surface area contributed by atoms with Gasteiger partial charge in [-0.2, -0.15) is 13.2 Å². The highest BCUT2D eigenvalue weighted by molar-refractivity contribution is 7.98. The SMILES string of the molecule is CSc1cc(C(F)(F)F)cc(Cl)c1B1OC(C)(C)C(C)(C)O1. The number of benzene rings is 1. The summed E-state index contributed by atoms with van der Waals surface area (Å²) in [5.41, 5.74) is -1.50. The molecule has 0 spiro atoms. The van der Waals surface area contributed by atoms with E-state index >= 15 is 0 Å². The Morgan fingerprint density at radius 2 is 1.59 bits per heavy atom. The van der Waals surface area contributed by atoms with E-state index in [0.29, 0.717) is 10.4 Å². The summed E-state index contributed by atoms with van der Waals surface area (Å²) >= 11 is 7.29. The molecule has 1 saturated heterocycles. The fraction of sp³-hybridized carbons (Fsp3) is 0.571. The summed E-state index contributed by atoms with van der Waals surface area (Å²) in [5, 5.41) is -0.00215. The van der Waals surface area contributed by atoms with Crippen LogP contribution in [0.3, 0.4) is 0 Å². The molecule has 0 aromatic heterocycles. The monoisotopic (exact) mass is 352 g/mol. The number of hydrogen-bond donors (Lipinski definition) is 0. The molecule has 1 aromatic carbocycles. The van der Waals surface area contributed by atoms with Crippen LogP contribution in [0, 0.1) is 0 Å². The largest absolute Gasteiger partial charge is 0.497 e. The highest BCUT2D eigenvalue weighted by Gasteiger charge is 2.53. The molecule has 22 heavy (non-hydrogen) atoms. The van der Waals surface area contributed by atoms with Gasteiger partial charge in [-0.3, -0.25) is 0 Å². The van der Waals surface area contributed by atoms with E-state index in [-0.39, 0.29) is 5.02 Å². The molecule has 0 radical (unpaired) electrons. The Hall–Kier alpha value is -0.365. The highest BCUT2D eigenvalue weighted by Crippen LogP contribution is 2.39. The highest BCUT2D eigenvalue weighted by atomic mass is 35.5. The Labute approximate surface area is 137 Å². The first-order valence-corrected chi connectivity index (χ1v) is 8.29. The van der Waals surface area contributed by atoms with Gasteiger partial charge < -0.3 is 9.31 Å². The van der Waals surface area contributed by atoms with Gasteiger partial charge in [0, 0.05) is 15.4 Å². The van der Waals surface area contributed by atoms with Gasteiger partial charge in [0.1, 0.15) is 0 Å². The quantitative estimate of drug-likeness (QED) is 0.581. The fourth-order valence-corrected chi connectivity index (χ4v) is 3.15. The van der Waals surface area contributed by atoms with Crippen LogP contribution >= 0.6 is 23.4 Å². The van der Waals surface area contributed by atoms with Crippen LogP contribution in [0.15, 0.2) is 17.0 Å². The zero-order chi connectivity index (χ0) is 16.9. The van der Waals surface area contributed by atoms with Crippen LogP contribution in [0.25, 0.3) is 0 Å². The van der Waals surface area contributed by atoms with Crippen molar-refractivity contribution in [3.8, 4) is 0 Å². The Morgan fingerprint density at radius 1 is 1.09 bits per heavy atom. The molecule has 0 bridgehead atoms.